The van der Waals surface area contributed by atoms with Crippen molar-refractivity contribution in [2.24, 2.45) is 40.7 Å². The summed E-state index contributed by atoms with van der Waals surface area (Å²) in [4.78, 5) is 0. The third kappa shape index (κ3) is 1.35. The molecule has 0 heterocycles. The molecule has 0 radical (unpaired) electrons. The van der Waals surface area contributed by atoms with Crippen molar-refractivity contribution in [1.29, 1.82) is 0 Å². The van der Waals surface area contributed by atoms with Crippen molar-refractivity contribution in [3.63, 3.8) is 0 Å². The lowest BCUT2D eigenvalue weighted by Gasteiger charge is -2.53. The Morgan fingerprint density at radius 1 is 0.941 bits per heavy atom. The van der Waals surface area contributed by atoms with E-state index in [-0.39, 0.29) is 0 Å². The van der Waals surface area contributed by atoms with Gasteiger partial charge in [-0.25, -0.2) is 0 Å². The van der Waals surface area contributed by atoms with Crippen LogP contribution >= 0.6 is 0 Å². The molecule has 5 rings (SSSR count). The van der Waals surface area contributed by atoms with Crippen molar-refractivity contribution in [3.05, 3.63) is 0 Å². The van der Waals surface area contributed by atoms with Crippen LogP contribution in [0.3, 0.4) is 0 Å². The second kappa shape index (κ2) is 3.50. The van der Waals surface area contributed by atoms with E-state index in [9.17, 15) is 0 Å². The smallest absolute Gasteiger partial charge is 0.00387 e. The minimum Gasteiger partial charge on any atom is -0.328 e. The first-order chi connectivity index (χ1) is 8.19. The minimum atomic E-state index is 0.432. The lowest BCUT2D eigenvalue weighted by molar-refractivity contribution is -0.0274. The second-order valence-electron chi connectivity index (χ2n) is 7.79. The maximum absolute atomic E-state index is 6.11. The number of rotatable bonds is 1. The summed E-state index contributed by atoms with van der Waals surface area (Å²) in [5, 5.41) is 0. The molecule has 0 aromatic heterocycles. The fourth-order valence-corrected chi connectivity index (χ4v) is 6.41. The predicted molar refractivity (Wildman–Crippen MR) is 70.5 cm³/mol. The van der Waals surface area contributed by atoms with Crippen LogP contribution in [0, 0.1) is 35.0 Å². The Balaban J connectivity index is 1.55. The maximum Gasteiger partial charge on any atom is 0.00387 e. The van der Waals surface area contributed by atoms with Crippen LogP contribution in [-0.4, -0.2) is 6.04 Å². The van der Waals surface area contributed by atoms with E-state index in [4.69, 9.17) is 5.73 Å². The van der Waals surface area contributed by atoms with Gasteiger partial charge in [0.15, 0.2) is 0 Å². The predicted octanol–water partition coefficient (Wildman–Crippen LogP) is 3.58. The Labute approximate surface area is 106 Å². The highest BCUT2D eigenvalue weighted by atomic mass is 14.7. The van der Waals surface area contributed by atoms with E-state index < -0.39 is 0 Å². The molecule has 2 N–H and O–H groups in total. The molecule has 5 aliphatic carbocycles. The van der Waals surface area contributed by atoms with Crippen LogP contribution in [0.25, 0.3) is 0 Å². The average Bonchev–Trinajstić information content (AvgIpc) is 2.81. The summed E-state index contributed by atoms with van der Waals surface area (Å²) in [6.07, 6.45) is 12.3. The topological polar surface area (TPSA) is 26.0 Å². The molecular formula is C16H27N. The van der Waals surface area contributed by atoms with Crippen molar-refractivity contribution >= 4 is 0 Å². The fraction of sp³-hybridized carbons (Fsp3) is 1.00. The Hall–Kier alpha value is -0.0400. The summed E-state index contributed by atoms with van der Waals surface area (Å²) in [6, 6.07) is 0.432. The van der Waals surface area contributed by atoms with Gasteiger partial charge < -0.3 is 5.73 Å². The zero-order valence-corrected chi connectivity index (χ0v) is 11.2. The molecule has 1 unspecified atom stereocenters. The summed E-state index contributed by atoms with van der Waals surface area (Å²) in [5.74, 6) is 5.39. The molecule has 0 aliphatic heterocycles. The van der Waals surface area contributed by atoms with E-state index in [0.717, 1.165) is 35.0 Å². The van der Waals surface area contributed by atoms with Gasteiger partial charge >= 0.3 is 0 Å². The number of hydrogen-bond donors (Lipinski definition) is 1. The molecule has 4 bridgehead atoms. The van der Waals surface area contributed by atoms with Gasteiger partial charge in [0.05, 0.1) is 0 Å². The molecule has 5 saturated carbocycles. The van der Waals surface area contributed by atoms with Crippen LogP contribution in [0.1, 0.15) is 58.3 Å². The van der Waals surface area contributed by atoms with Gasteiger partial charge in [0, 0.05) is 6.04 Å². The lowest BCUT2D eigenvalue weighted by Crippen LogP contribution is -2.45. The van der Waals surface area contributed by atoms with Gasteiger partial charge in [0.1, 0.15) is 0 Å². The van der Waals surface area contributed by atoms with Gasteiger partial charge in [-0.3, -0.25) is 0 Å². The summed E-state index contributed by atoms with van der Waals surface area (Å²) in [7, 11) is 0. The van der Waals surface area contributed by atoms with E-state index in [0.29, 0.717) is 6.04 Å². The summed E-state index contributed by atoms with van der Waals surface area (Å²) < 4.78 is 0. The van der Waals surface area contributed by atoms with E-state index in [1.807, 2.05) is 0 Å². The van der Waals surface area contributed by atoms with Crippen LogP contribution < -0.4 is 5.73 Å². The highest BCUT2D eigenvalue weighted by molar-refractivity contribution is 5.10. The normalized spacial score (nSPS) is 57.9. The number of nitrogens with two attached hydrogens (primary N) is 1. The SMILES string of the molecule is CC(N)C1CCC2(CC1)C1CC3CC2CC3C1. The van der Waals surface area contributed by atoms with E-state index in [1.165, 1.54) is 25.7 Å². The number of hydrogen-bond acceptors (Lipinski definition) is 1. The molecular weight excluding hydrogens is 206 g/mol. The Morgan fingerprint density at radius 3 is 1.82 bits per heavy atom. The van der Waals surface area contributed by atoms with Crippen LogP contribution in [0.4, 0.5) is 0 Å². The molecule has 0 amide bonds. The zero-order valence-electron chi connectivity index (χ0n) is 11.2. The summed E-state index contributed by atoms with van der Waals surface area (Å²) in [5.41, 5.74) is 6.91. The average molecular weight is 233 g/mol. The second-order valence-corrected chi connectivity index (χ2v) is 7.79. The third-order valence-electron chi connectivity index (χ3n) is 7.35. The van der Waals surface area contributed by atoms with Gasteiger partial charge in [-0.05, 0) is 93.3 Å². The highest BCUT2D eigenvalue weighted by Gasteiger charge is 2.60. The molecule has 1 spiro atoms. The summed E-state index contributed by atoms with van der Waals surface area (Å²) >= 11 is 0. The zero-order chi connectivity index (χ0) is 11.6. The maximum atomic E-state index is 6.11. The molecule has 0 saturated heterocycles. The standard InChI is InChI=1S/C16H27N/c1-10(17)11-2-4-16(5-3-11)14-6-12-7-15(16)9-13(12)8-14/h10-15H,2-9,17H2,1H3. The molecule has 5 fully saturated rings. The minimum absolute atomic E-state index is 0.432. The quantitative estimate of drug-likeness (QED) is 0.736. The van der Waals surface area contributed by atoms with Crippen LogP contribution in [0.15, 0.2) is 0 Å². The Bertz CT molecular complexity index is 281. The largest absolute Gasteiger partial charge is 0.328 e. The van der Waals surface area contributed by atoms with E-state index in [2.05, 4.69) is 6.92 Å². The van der Waals surface area contributed by atoms with E-state index in [1.54, 1.807) is 25.7 Å². The molecule has 17 heavy (non-hydrogen) atoms. The Kier molecular flexibility index (Phi) is 2.23. The van der Waals surface area contributed by atoms with Crippen LogP contribution in [-0.2, 0) is 0 Å². The van der Waals surface area contributed by atoms with Crippen LogP contribution in [0.5, 0.6) is 0 Å². The lowest BCUT2D eigenvalue weighted by atomic mass is 9.52. The molecule has 1 nitrogen and oxygen atoms in total. The van der Waals surface area contributed by atoms with Gasteiger partial charge in [0.25, 0.3) is 0 Å². The van der Waals surface area contributed by atoms with Crippen molar-refractivity contribution in [2.45, 2.75) is 64.3 Å². The molecule has 5 aliphatic rings. The third-order valence-corrected chi connectivity index (χ3v) is 7.35. The first kappa shape index (κ1) is 10.8. The van der Waals surface area contributed by atoms with Gasteiger partial charge in [0.2, 0.25) is 0 Å². The molecule has 0 aromatic carbocycles. The first-order valence-corrected chi connectivity index (χ1v) is 7.94. The molecule has 1 heteroatoms. The Morgan fingerprint density at radius 2 is 1.41 bits per heavy atom. The van der Waals surface area contributed by atoms with Crippen LogP contribution in [0.2, 0.25) is 0 Å². The fourth-order valence-electron chi connectivity index (χ4n) is 6.41. The molecule has 96 valence electrons. The van der Waals surface area contributed by atoms with Gasteiger partial charge in [-0.1, -0.05) is 0 Å². The van der Waals surface area contributed by atoms with E-state index >= 15 is 0 Å². The summed E-state index contributed by atoms with van der Waals surface area (Å²) in [6.45, 7) is 2.22. The van der Waals surface area contributed by atoms with Gasteiger partial charge in [-0.2, -0.15) is 0 Å². The van der Waals surface area contributed by atoms with Crippen molar-refractivity contribution in [1.82, 2.24) is 0 Å². The van der Waals surface area contributed by atoms with Crippen molar-refractivity contribution < 1.29 is 0 Å². The molecule has 1 atom stereocenters. The molecule has 0 aromatic rings. The highest BCUT2D eigenvalue weighted by Crippen LogP contribution is 2.70. The first-order valence-electron chi connectivity index (χ1n) is 7.94. The monoisotopic (exact) mass is 233 g/mol. The van der Waals surface area contributed by atoms with Crippen molar-refractivity contribution in [3.8, 4) is 0 Å². The van der Waals surface area contributed by atoms with Gasteiger partial charge in [-0.15, -0.1) is 0 Å². The van der Waals surface area contributed by atoms with Crippen molar-refractivity contribution in [2.75, 3.05) is 0 Å².